The number of aliphatic hydroxyl groups is 1. The molecule has 1 unspecified atom stereocenters. The monoisotopic (exact) mass is 418 g/mol. The Morgan fingerprint density at radius 3 is 2.50 bits per heavy atom. The van der Waals surface area contributed by atoms with Crippen molar-refractivity contribution in [3.8, 4) is 0 Å². The first kappa shape index (κ1) is 22.2. The van der Waals surface area contributed by atoms with Crippen LogP contribution in [0.2, 0.25) is 0 Å². The van der Waals surface area contributed by atoms with Crippen molar-refractivity contribution in [1.82, 2.24) is 4.90 Å². The third-order valence-corrected chi connectivity index (χ3v) is 5.21. The van der Waals surface area contributed by atoms with Crippen molar-refractivity contribution < 1.29 is 29.0 Å². The van der Waals surface area contributed by atoms with Gasteiger partial charge >= 0.3 is 5.97 Å². The molecule has 1 aromatic rings. The van der Waals surface area contributed by atoms with Gasteiger partial charge in [-0.2, -0.15) is 0 Å². The molecule has 2 fully saturated rings. The van der Waals surface area contributed by atoms with Crippen LogP contribution in [0.1, 0.15) is 49.5 Å². The molecule has 1 N–H and O–H groups in total. The summed E-state index contributed by atoms with van der Waals surface area (Å²) < 4.78 is 10.6. The summed E-state index contributed by atoms with van der Waals surface area (Å²) in [6.07, 6.45) is -1.09. The lowest BCUT2D eigenvalue weighted by Gasteiger charge is -2.34. The van der Waals surface area contributed by atoms with Crippen LogP contribution in [0.5, 0.6) is 0 Å². The van der Waals surface area contributed by atoms with Crippen molar-refractivity contribution >= 4 is 23.5 Å². The molecule has 30 heavy (non-hydrogen) atoms. The number of amides is 2. The highest BCUT2D eigenvalue weighted by molar-refractivity contribution is 6.02. The molecule has 2 aliphatic rings. The van der Waals surface area contributed by atoms with E-state index in [1.54, 1.807) is 39.0 Å². The van der Waals surface area contributed by atoms with Gasteiger partial charge in [-0.1, -0.05) is 6.07 Å². The van der Waals surface area contributed by atoms with Crippen LogP contribution < -0.4 is 4.90 Å². The number of likely N-dealkylation sites (tertiary alicyclic amines) is 1. The highest BCUT2D eigenvalue weighted by atomic mass is 16.6. The Balaban J connectivity index is 1.80. The maximum atomic E-state index is 13.0. The zero-order valence-corrected chi connectivity index (χ0v) is 18.0. The van der Waals surface area contributed by atoms with E-state index in [0.717, 1.165) is 31.5 Å². The van der Waals surface area contributed by atoms with Gasteiger partial charge in [0.2, 0.25) is 0 Å². The van der Waals surface area contributed by atoms with Gasteiger partial charge in [-0.05, 0) is 58.2 Å². The number of aryl methyl sites for hydroxylation is 1. The van der Waals surface area contributed by atoms with E-state index in [1.807, 2.05) is 11.8 Å². The number of esters is 1. The fraction of sp³-hybridized carbons (Fsp3) is 0.591. The van der Waals surface area contributed by atoms with Gasteiger partial charge in [0.25, 0.3) is 11.8 Å². The molecule has 2 amide bonds. The molecule has 0 aliphatic carbocycles. The van der Waals surface area contributed by atoms with Crippen LogP contribution in [-0.2, 0) is 19.1 Å². The van der Waals surface area contributed by atoms with E-state index in [4.69, 9.17) is 9.47 Å². The van der Waals surface area contributed by atoms with E-state index >= 15 is 0 Å². The number of benzene rings is 1. The average Bonchev–Trinajstić information content (AvgIpc) is 3.21. The quantitative estimate of drug-likeness (QED) is 0.747. The average molecular weight is 418 g/mol. The number of morpholine rings is 1. The number of hydrogen-bond acceptors (Lipinski definition) is 6. The molecule has 0 aromatic heterocycles. The van der Waals surface area contributed by atoms with Gasteiger partial charge in [0.05, 0.1) is 6.61 Å². The van der Waals surface area contributed by atoms with Crippen molar-refractivity contribution in [2.45, 2.75) is 58.3 Å². The predicted octanol–water partition coefficient (Wildman–Crippen LogP) is 1.67. The molecular weight excluding hydrogens is 388 g/mol. The van der Waals surface area contributed by atoms with Gasteiger partial charge in [0, 0.05) is 30.9 Å². The summed E-state index contributed by atoms with van der Waals surface area (Å²) in [6.45, 7) is 8.79. The zero-order chi connectivity index (χ0) is 22.1. The van der Waals surface area contributed by atoms with Gasteiger partial charge < -0.3 is 24.4 Å². The van der Waals surface area contributed by atoms with Crippen molar-refractivity contribution in [3.05, 3.63) is 29.3 Å². The third kappa shape index (κ3) is 4.82. The molecule has 164 valence electrons. The van der Waals surface area contributed by atoms with E-state index < -0.39 is 29.7 Å². The smallest absolute Gasteiger partial charge is 0.338 e. The summed E-state index contributed by atoms with van der Waals surface area (Å²) >= 11 is 0. The number of rotatable bonds is 4. The van der Waals surface area contributed by atoms with E-state index in [0.29, 0.717) is 11.3 Å². The molecule has 8 nitrogen and oxygen atoms in total. The first-order valence-electron chi connectivity index (χ1n) is 10.3. The largest absolute Gasteiger partial charge is 0.458 e. The van der Waals surface area contributed by atoms with Crippen molar-refractivity contribution in [3.63, 3.8) is 0 Å². The van der Waals surface area contributed by atoms with Crippen LogP contribution in [0.3, 0.4) is 0 Å². The Morgan fingerprint density at radius 1 is 1.20 bits per heavy atom. The Bertz CT molecular complexity index is 825. The Kier molecular flexibility index (Phi) is 6.47. The summed E-state index contributed by atoms with van der Waals surface area (Å²) in [5.41, 5.74) is 1.13. The molecule has 2 heterocycles. The zero-order valence-electron chi connectivity index (χ0n) is 18.0. The lowest BCUT2D eigenvalue weighted by Crippen LogP contribution is -2.55. The molecular formula is C22H30N2O6. The number of anilines is 1. The maximum absolute atomic E-state index is 13.0. The van der Waals surface area contributed by atoms with Crippen molar-refractivity contribution in [2.24, 2.45) is 0 Å². The molecule has 0 spiro atoms. The molecule has 2 saturated heterocycles. The molecule has 0 bridgehead atoms. The summed E-state index contributed by atoms with van der Waals surface area (Å²) in [7, 11) is 0. The minimum absolute atomic E-state index is 0.0436. The SMILES string of the molecule is Cc1ccc(N2CCO[C@H](C(O)C(=O)OC(C)(C)C)C2=O)cc1C(=O)N1CCCC1. The van der Waals surface area contributed by atoms with Crippen LogP contribution in [0.15, 0.2) is 18.2 Å². The van der Waals surface area contributed by atoms with Gasteiger partial charge in [-0.3, -0.25) is 9.59 Å². The highest BCUT2D eigenvalue weighted by Gasteiger charge is 2.41. The second kappa shape index (κ2) is 8.73. The lowest BCUT2D eigenvalue weighted by atomic mass is 10.0. The third-order valence-electron chi connectivity index (χ3n) is 5.21. The molecule has 1 aromatic carbocycles. The Morgan fingerprint density at radius 2 is 1.87 bits per heavy atom. The maximum Gasteiger partial charge on any atom is 0.338 e. The first-order valence-corrected chi connectivity index (χ1v) is 10.3. The van der Waals surface area contributed by atoms with Gasteiger partial charge in [0.1, 0.15) is 5.60 Å². The summed E-state index contributed by atoms with van der Waals surface area (Å²) in [5, 5.41) is 10.4. The predicted molar refractivity (Wildman–Crippen MR) is 110 cm³/mol. The summed E-state index contributed by atoms with van der Waals surface area (Å²) in [4.78, 5) is 41.3. The molecule has 0 radical (unpaired) electrons. The fourth-order valence-electron chi connectivity index (χ4n) is 3.67. The normalized spacial score (nSPS) is 21.0. The summed E-state index contributed by atoms with van der Waals surface area (Å²) in [5.74, 6) is -1.49. The molecule has 3 rings (SSSR count). The minimum atomic E-state index is -1.73. The first-order chi connectivity index (χ1) is 14.1. The van der Waals surface area contributed by atoms with E-state index in [9.17, 15) is 19.5 Å². The van der Waals surface area contributed by atoms with Crippen molar-refractivity contribution in [1.29, 1.82) is 0 Å². The highest BCUT2D eigenvalue weighted by Crippen LogP contribution is 2.26. The van der Waals surface area contributed by atoms with E-state index in [-0.39, 0.29) is 19.1 Å². The molecule has 0 saturated carbocycles. The molecule has 2 atom stereocenters. The van der Waals surface area contributed by atoms with Crippen LogP contribution in [0.25, 0.3) is 0 Å². The van der Waals surface area contributed by atoms with Gasteiger partial charge in [0.15, 0.2) is 12.2 Å². The van der Waals surface area contributed by atoms with Gasteiger partial charge in [-0.25, -0.2) is 4.79 Å². The van der Waals surface area contributed by atoms with Crippen LogP contribution in [0.4, 0.5) is 5.69 Å². The lowest BCUT2D eigenvalue weighted by molar-refractivity contribution is -0.177. The number of carbonyl (C=O) groups is 3. The van der Waals surface area contributed by atoms with E-state index in [1.165, 1.54) is 4.90 Å². The van der Waals surface area contributed by atoms with Crippen LogP contribution in [-0.4, -0.2) is 71.8 Å². The van der Waals surface area contributed by atoms with Gasteiger partial charge in [-0.15, -0.1) is 0 Å². The Hall–Kier alpha value is -2.45. The fourth-order valence-corrected chi connectivity index (χ4v) is 3.67. The number of nitrogens with zero attached hydrogens (tertiary/aromatic N) is 2. The molecule has 2 aliphatic heterocycles. The van der Waals surface area contributed by atoms with Crippen molar-refractivity contribution in [2.75, 3.05) is 31.1 Å². The number of ether oxygens (including phenoxy) is 2. The summed E-state index contributed by atoms with van der Waals surface area (Å²) in [6, 6.07) is 5.27. The number of aliphatic hydroxyl groups excluding tert-OH is 1. The second-order valence-electron chi connectivity index (χ2n) is 8.76. The van der Waals surface area contributed by atoms with Crippen LogP contribution in [0, 0.1) is 6.92 Å². The Labute approximate surface area is 176 Å². The van der Waals surface area contributed by atoms with Crippen LogP contribution >= 0.6 is 0 Å². The number of hydrogen-bond donors (Lipinski definition) is 1. The van der Waals surface area contributed by atoms with E-state index in [2.05, 4.69) is 0 Å². The standard InChI is InChI=1S/C22H30N2O6/c1-14-7-8-15(13-16(14)19(26)23-9-5-6-10-23)24-11-12-29-18(20(24)27)17(25)21(28)30-22(2,3)4/h7-8,13,17-18,25H,5-6,9-12H2,1-4H3/t17?,18-/m1/s1. The minimum Gasteiger partial charge on any atom is -0.458 e. The molecule has 8 heteroatoms. The number of carbonyl (C=O) groups excluding carboxylic acids is 3. The topological polar surface area (TPSA) is 96.4 Å². The second-order valence-corrected chi connectivity index (χ2v) is 8.76.